The average molecular weight is 363 g/mol. The van der Waals surface area contributed by atoms with Gasteiger partial charge in [-0.25, -0.2) is 4.79 Å². The zero-order chi connectivity index (χ0) is 15.9. The maximum absolute atomic E-state index is 12.0. The molecule has 2 rings (SSSR count). The third-order valence-corrected chi connectivity index (χ3v) is 3.78. The zero-order valence-electron chi connectivity index (χ0n) is 12.6. The minimum absolute atomic E-state index is 0.0668. The lowest BCUT2D eigenvalue weighted by Gasteiger charge is -2.15. The van der Waals surface area contributed by atoms with Gasteiger partial charge in [0.2, 0.25) is 0 Å². The van der Waals surface area contributed by atoms with E-state index in [-0.39, 0.29) is 12.1 Å². The van der Waals surface area contributed by atoms with Crippen LogP contribution in [0.25, 0.3) is 0 Å². The van der Waals surface area contributed by atoms with E-state index in [1.165, 1.54) is 0 Å². The Hall–Kier alpha value is -2.01. The third-order valence-electron chi connectivity index (χ3n) is 3.28. The Morgan fingerprint density at radius 3 is 2.73 bits per heavy atom. The molecular formula is C17H19BrN2O2. The van der Waals surface area contributed by atoms with E-state index in [0.29, 0.717) is 6.54 Å². The second-order valence-corrected chi connectivity index (χ2v) is 5.87. The predicted molar refractivity (Wildman–Crippen MR) is 90.9 cm³/mol. The topological polar surface area (TPSA) is 50.4 Å². The minimum atomic E-state index is -0.199. The van der Waals surface area contributed by atoms with Crippen LogP contribution < -0.4 is 15.4 Å². The van der Waals surface area contributed by atoms with Crippen LogP contribution in [-0.4, -0.2) is 13.1 Å². The van der Waals surface area contributed by atoms with Gasteiger partial charge in [-0.3, -0.25) is 0 Å². The first-order valence-electron chi connectivity index (χ1n) is 7.01. The molecule has 1 atom stereocenters. The van der Waals surface area contributed by atoms with E-state index in [2.05, 4.69) is 26.6 Å². The van der Waals surface area contributed by atoms with Crippen LogP contribution in [0.4, 0.5) is 4.79 Å². The molecule has 0 saturated heterocycles. The van der Waals surface area contributed by atoms with Crippen molar-refractivity contribution in [1.29, 1.82) is 0 Å². The summed E-state index contributed by atoms with van der Waals surface area (Å²) in [5.74, 6) is 0.780. The molecule has 0 radical (unpaired) electrons. The fourth-order valence-electron chi connectivity index (χ4n) is 2.07. The van der Waals surface area contributed by atoms with Crippen LogP contribution in [0.2, 0.25) is 0 Å². The van der Waals surface area contributed by atoms with Gasteiger partial charge in [0.15, 0.2) is 0 Å². The largest absolute Gasteiger partial charge is 0.497 e. The molecule has 2 aromatic rings. The van der Waals surface area contributed by atoms with Crippen LogP contribution in [0.1, 0.15) is 24.1 Å². The number of amides is 2. The molecule has 0 aromatic heterocycles. The molecule has 0 bridgehead atoms. The van der Waals surface area contributed by atoms with Crippen molar-refractivity contribution in [3.63, 3.8) is 0 Å². The molecule has 22 heavy (non-hydrogen) atoms. The van der Waals surface area contributed by atoms with E-state index < -0.39 is 0 Å². The number of halogens is 1. The molecule has 0 heterocycles. The summed E-state index contributed by atoms with van der Waals surface area (Å²) in [4.78, 5) is 12.0. The molecule has 2 aromatic carbocycles. The lowest BCUT2D eigenvalue weighted by atomic mass is 10.1. The van der Waals surface area contributed by atoms with Crippen molar-refractivity contribution in [3.8, 4) is 5.75 Å². The van der Waals surface area contributed by atoms with E-state index in [4.69, 9.17) is 4.74 Å². The summed E-state index contributed by atoms with van der Waals surface area (Å²) in [5.41, 5.74) is 2.04. The Morgan fingerprint density at radius 2 is 2.00 bits per heavy atom. The van der Waals surface area contributed by atoms with Gasteiger partial charge >= 0.3 is 6.03 Å². The molecule has 1 unspecified atom stereocenters. The first-order chi connectivity index (χ1) is 10.6. The fraction of sp³-hybridized carbons (Fsp3) is 0.235. The molecule has 0 aliphatic heterocycles. The Kier molecular flexibility index (Phi) is 5.83. The van der Waals surface area contributed by atoms with E-state index in [1.54, 1.807) is 7.11 Å². The Balaban J connectivity index is 1.87. The standard InChI is InChI=1S/C17H19BrN2O2/c1-12(14-6-4-7-15(18)10-14)20-17(21)19-11-13-5-3-8-16(9-13)22-2/h3-10,12H,11H2,1-2H3,(H2,19,20,21). The van der Waals surface area contributed by atoms with Gasteiger partial charge in [-0.2, -0.15) is 0 Å². The maximum Gasteiger partial charge on any atom is 0.315 e. The van der Waals surface area contributed by atoms with Crippen molar-refractivity contribution in [2.75, 3.05) is 7.11 Å². The number of carbonyl (C=O) groups is 1. The monoisotopic (exact) mass is 362 g/mol. The number of carbonyl (C=O) groups excluding carboxylic acids is 1. The highest BCUT2D eigenvalue weighted by atomic mass is 79.9. The van der Waals surface area contributed by atoms with E-state index >= 15 is 0 Å². The van der Waals surface area contributed by atoms with Crippen molar-refractivity contribution >= 4 is 22.0 Å². The quantitative estimate of drug-likeness (QED) is 0.843. The van der Waals surface area contributed by atoms with Crippen molar-refractivity contribution in [1.82, 2.24) is 10.6 Å². The molecule has 5 heteroatoms. The summed E-state index contributed by atoms with van der Waals surface area (Å²) in [6.07, 6.45) is 0. The SMILES string of the molecule is COc1cccc(CNC(=O)NC(C)c2cccc(Br)c2)c1. The smallest absolute Gasteiger partial charge is 0.315 e. The highest BCUT2D eigenvalue weighted by molar-refractivity contribution is 9.10. The Morgan fingerprint density at radius 1 is 1.23 bits per heavy atom. The van der Waals surface area contributed by atoms with Crippen molar-refractivity contribution in [2.45, 2.75) is 19.5 Å². The van der Waals surface area contributed by atoms with Gasteiger partial charge in [-0.1, -0.05) is 40.2 Å². The number of hydrogen-bond donors (Lipinski definition) is 2. The average Bonchev–Trinajstić information content (AvgIpc) is 2.53. The Labute approximate surface area is 139 Å². The fourth-order valence-corrected chi connectivity index (χ4v) is 2.49. The molecule has 2 amide bonds. The molecule has 2 N–H and O–H groups in total. The number of rotatable bonds is 5. The number of benzene rings is 2. The minimum Gasteiger partial charge on any atom is -0.497 e. The first-order valence-corrected chi connectivity index (χ1v) is 7.80. The normalized spacial score (nSPS) is 11.6. The van der Waals surface area contributed by atoms with Crippen LogP contribution in [0.3, 0.4) is 0 Å². The number of hydrogen-bond acceptors (Lipinski definition) is 2. The van der Waals surface area contributed by atoms with Gasteiger partial charge in [-0.05, 0) is 42.3 Å². The van der Waals surface area contributed by atoms with Crippen LogP contribution in [-0.2, 0) is 6.54 Å². The Bertz CT molecular complexity index is 646. The molecule has 0 aliphatic carbocycles. The predicted octanol–water partition coefficient (Wildman–Crippen LogP) is 4.02. The summed E-state index contributed by atoms with van der Waals surface area (Å²) in [6, 6.07) is 15.2. The van der Waals surface area contributed by atoms with Gasteiger partial charge in [-0.15, -0.1) is 0 Å². The number of ether oxygens (including phenoxy) is 1. The molecular weight excluding hydrogens is 344 g/mol. The zero-order valence-corrected chi connectivity index (χ0v) is 14.2. The summed E-state index contributed by atoms with van der Waals surface area (Å²) in [6.45, 7) is 2.40. The number of urea groups is 1. The van der Waals surface area contributed by atoms with E-state index in [9.17, 15) is 4.79 Å². The highest BCUT2D eigenvalue weighted by Crippen LogP contribution is 2.17. The second kappa shape index (κ2) is 7.84. The third kappa shape index (κ3) is 4.77. The summed E-state index contributed by atoms with van der Waals surface area (Å²) in [5, 5.41) is 5.77. The molecule has 4 nitrogen and oxygen atoms in total. The second-order valence-electron chi connectivity index (χ2n) is 4.96. The first kappa shape index (κ1) is 16.4. The van der Waals surface area contributed by atoms with Gasteiger partial charge in [0.1, 0.15) is 5.75 Å². The summed E-state index contributed by atoms with van der Waals surface area (Å²) >= 11 is 3.43. The van der Waals surface area contributed by atoms with Gasteiger partial charge in [0, 0.05) is 11.0 Å². The van der Waals surface area contributed by atoms with Crippen LogP contribution in [0.5, 0.6) is 5.75 Å². The maximum atomic E-state index is 12.0. The van der Waals surface area contributed by atoms with E-state index in [1.807, 2.05) is 55.5 Å². The van der Waals surface area contributed by atoms with Crippen LogP contribution in [0.15, 0.2) is 53.0 Å². The van der Waals surface area contributed by atoms with Gasteiger partial charge < -0.3 is 15.4 Å². The van der Waals surface area contributed by atoms with Crippen LogP contribution in [0, 0.1) is 0 Å². The molecule has 116 valence electrons. The molecule has 0 saturated carbocycles. The van der Waals surface area contributed by atoms with Crippen molar-refractivity contribution < 1.29 is 9.53 Å². The van der Waals surface area contributed by atoms with Gasteiger partial charge in [0.05, 0.1) is 13.2 Å². The summed E-state index contributed by atoms with van der Waals surface area (Å²) < 4.78 is 6.16. The van der Waals surface area contributed by atoms with Crippen LogP contribution >= 0.6 is 15.9 Å². The summed E-state index contributed by atoms with van der Waals surface area (Å²) in [7, 11) is 1.62. The number of nitrogens with one attached hydrogen (secondary N) is 2. The van der Waals surface area contributed by atoms with Crippen molar-refractivity contribution in [2.24, 2.45) is 0 Å². The highest BCUT2D eigenvalue weighted by Gasteiger charge is 2.09. The lowest BCUT2D eigenvalue weighted by Crippen LogP contribution is -2.36. The van der Waals surface area contributed by atoms with Crippen molar-refractivity contribution in [3.05, 3.63) is 64.1 Å². The number of methoxy groups -OCH3 is 1. The van der Waals surface area contributed by atoms with Gasteiger partial charge in [0.25, 0.3) is 0 Å². The molecule has 0 spiro atoms. The molecule has 0 fully saturated rings. The van der Waals surface area contributed by atoms with E-state index in [0.717, 1.165) is 21.3 Å². The lowest BCUT2D eigenvalue weighted by molar-refractivity contribution is 0.237. The molecule has 0 aliphatic rings.